The van der Waals surface area contributed by atoms with Gasteiger partial charge >= 0.3 is 12.4 Å². The summed E-state index contributed by atoms with van der Waals surface area (Å²) < 4.78 is 110. The molecule has 1 fully saturated rings. The third kappa shape index (κ3) is 4.71. The van der Waals surface area contributed by atoms with E-state index in [1.807, 2.05) is 0 Å². The Labute approximate surface area is 173 Å². The van der Waals surface area contributed by atoms with E-state index in [2.05, 4.69) is 0 Å². The number of aryl methyl sites for hydroxylation is 1. The van der Waals surface area contributed by atoms with Crippen LogP contribution in [-0.2, 0) is 22.4 Å². The normalized spacial score (nSPS) is 16.5. The van der Waals surface area contributed by atoms with Crippen LogP contribution in [-0.4, -0.2) is 49.7 Å². The van der Waals surface area contributed by atoms with Crippen LogP contribution in [0.2, 0.25) is 0 Å². The summed E-state index contributed by atoms with van der Waals surface area (Å²) in [6.07, 6.45) is -9.02. The molecule has 2 aromatic rings. The van der Waals surface area contributed by atoms with E-state index >= 15 is 0 Å². The van der Waals surface area contributed by atoms with Gasteiger partial charge in [0.1, 0.15) is 5.76 Å². The molecule has 0 saturated carbocycles. The lowest BCUT2D eigenvalue weighted by atomic mass is 10.1. The van der Waals surface area contributed by atoms with Crippen molar-refractivity contribution in [1.29, 1.82) is 0 Å². The van der Waals surface area contributed by atoms with Gasteiger partial charge in [-0.15, -0.1) is 0 Å². The molecule has 1 amide bonds. The number of hydrogen-bond donors (Lipinski definition) is 0. The minimum absolute atomic E-state index is 0.0895. The van der Waals surface area contributed by atoms with Crippen LogP contribution in [0.4, 0.5) is 26.3 Å². The summed E-state index contributed by atoms with van der Waals surface area (Å²) in [6.45, 7) is 0.812. The average Bonchev–Trinajstić information content (AvgIpc) is 3.11. The second-order valence-corrected chi connectivity index (χ2v) is 8.77. The lowest BCUT2D eigenvalue weighted by molar-refractivity contribution is -0.143. The van der Waals surface area contributed by atoms with Crippen LogP contribution in [0.25, 0.3) is 0 Å². The average molecular weight is 470 g/mol. The second kappa shape index (κ2) is 7.86. The molecule has 1 aromatic carbocycles. The predicted molar refractivity (Wildman–Crippen MR) is 94.6 cm³/mol. The number of benzene rings is 1. The molecule has 0 N–H and O–H groups in total. The minimum Gasteiger partial charge on any atom is -0.469 e. The number of halogens is 6. The van der Waals surface area contributed by atoms with Crippen LogP contribution in [0.1, 0.15) is 27.2 Å². The van der Waals surface area contributed by atoms with Crippen LogP contribution >= 0.6 is 0 Å². The van der Waals surface area contributed by atoms with Gasteiger partial charge in [0, 0.05) is 26.2 Å². The van der Waals surface area contributed by atoms with Gasteiger partial charge in [-0.2, -0.15) is 30.6 Å². The van der Waals surface area contributed by atoms with Crippen LogP contribution in [0.5, 0.6) is 0 Å². The number of piperazine rings is 1. The highest BCUT2D eigenvalue weighted by Crippen LogP contribution is 2.37. The first kappa shape index (κ1) is 23.1. The molecule has 0 radical (unpaired) electrons. The summed E-state index contributed by atoms with van der Waals surface area (Å²) in [6, 6.07) is 1.67. The summed E-state index contributed by atoms with van der Waals surface area (Å²) in [7, 11) is -4.66. The molecule has 1 aliphatic rings. The van der Waals surface area contributed by atoms with Gasteiger partial charge in [0.15, 0.2) is 0 Å². The Morgan fingerprint density at radius 2 is 1.45 bits per heavy atom. The maximum Gasteiger partial charge on any atom is 0.416 e. The number of furan rings is 1. The zero-order valence-corrected chi connectivity index (χ0v) is 16.7. The zero-order chi connectivity index (χ0) is 23.2. The predicted octanol–water partition coefficient (Wildman–Crippen LogP) is 3.77. The van der Waals surface area contributed by atoms with E-state index in [-0.39, 0.29) is 49.9 Å². The Kier molecular flexibility index (Phi) is 5.86. The number of hydrogen-bond acceptors (Lipinski definition) is 4. The van der Waals surface area contributed by atoms with Gasteiger partial charge in [0.05, 0.1) is 27.8 Å². The van der Waals surface area contributed by atoms with E-state index in [9.17, 15) is 39.6 Å². The molecule has 0 spiro atoms. The molecule has 0 bridgehead atoms. The van der Waals surface area contributed by atoms with Crippen molar-refractivity contribution >= 4 is 15.9 Å². The van der Waals surface area contributed by atoms with Crippen molar-refractivity contribution in [3.8, 4) is 0 Å². The molecule has 1 aromatic heterocycles. The molecular formula is C18H16F6N2O4S. The van der Waals surface area contributed by atoms with Gasteiger partial charge in [0.25, 0.3) is 5.91 Å². The van der Waals surface area contributed by atoms with Crippen LogP contribution in [0.15, 0.2) is 39.8 Å². The van der Waals surface area contributed by atoms with Gasteiger partial charge in [-0.3, -0.25) is 4.79 Å². The molecule has 3 rings (SSSR count). The largest absolute Gasteiger partial charge is 0.469 e. The first-order chi connectivity index (χ1) is 14.2. The first-order valence-corrected chi connectivity index (χ1v) is 10.3. The Balaban J connectivity index is 1.86. The first-order valence-electron chi connectivity index (χ1n) is 8.84. The van der Waals surface area contributed by atoms with Crippen molar-refractivity contribution < 1.29 is 44.0 Å². The van der Waals surface area contributed by atoms with E-state index in [0.717, 1.165) is 4.31 Å². The maximum atomic E-state index is 13.0. The number of amides is 1. The van der Waals surface area contributed by atoms with E-state index in [0.29, 0.717) is 5.76 Å². The van der Waals surface area contributed by atoms with Crippen molar-refractivity contribution in [1.82, 2.24) is 9.21 Å². The van der Waals surface area contributed by atoms with Gasteiger partial charge < -0.3 is 9.32 Å². The van der Waals surface area contributed by atoms with Gasteiger partial charge in [-0.05, 0) is 31.2 Å². The van der Waals surface area contributed by atoms with Gasteiger partial charge in [0.2, 0.25) is 10.0 Å². The molecule has 1 aliphatic heterocycles. The highest BCUT2D eigenvalue weighted by molar-refractivity contribution is 7.89. The third-order valence-corrected chi connectivity index (χ3v) is 6.69. The van der Waals surface area contributed by atoms with Crippen molar-refractivity contribution in [2.45, 2.75) is 24.2 Å². The third-order valence-electron chi connectivity index (χ3n) is 4.81. The fourth-order valence-electron chi connectivity index (χ4n) is 3.13. The summed E-state index contributed by atoms with van der Waals surface area (Å²) >= 11 is 0. The minimum atomic E-state index is -5.17. The SMILES string of the molecule is Cc1occc1C(=O)N1CCN(S(=O)(=O)c2cc(C(F)(F)F)cc(C(F)(F)F)c2)CC1. The Morgan fingerprint density at radius 3 is 1.87 bits per heavy atom. The quantitative estimate of drug-likeness (QED) is 0.641. The molecular weight excluding hydrogens is 454 g/mol. The highest BCUT2D eigenvalue weighted by atomic mass is 32.2. The fraction of sp³-hybridized carbons (Fsp3) is 0.389. The molecule has 170 valence electrons. The second-order valence-electron chi connectivity index (χ2n) is 6.83. The number of rotatable bonds is 3. The van der Waals surface area contributed by atoms with Gasteiger partial charge in [-0.25, -0.2) is 8.42 Å². The van der Waals surface area contributed by atoms with E-state index < -0.39 is 44.3 Å². The number of nitrogens with zero attached hydrogens (tertiary/aromatic N) is 2. The van der Waals surface area contributed by atoms with Crippen molar-refractivity contribution in [3.05, 3.63) is 53.0 Å². The van der Waals surface area contributed by atoms with E-state index in [1.54, 1.807) is 6.92 Å². The molecule has 6 nitrogen and oxygen atoms in total. The zero-order valence-electron chi connectivity index (χ0n) is 15.9. The molecule has 2 heterocycles. The van der Waals surface area contributed by atoms with Crippen LogP contribution in [0.3, 0.4) is 0 Å². The summed E-state index contributed by atoms with van der Waals surface area (Å²) in [5.74, 6) is -0.0505. The standard InChI is InChI=1S/C18H16F6N2O4S/c1-11-15(2-7-30-11)16(27)25-3-5-26(6-4-25)31(28,29)14-9-12(17(19,20)21)8-13(10-14)18(22,23)24/h2,7-10H,3-6H2,1H3. The Hall–Kier alpha value is -2.54. The van der Waals surface area contributed by atoms with Crippen molar-refractivity contribution in [2.75, 3.05) is 26.2 Å². The monoisotopic (exact) mass is 470 g/mol. The highest BCUT2D eigenvalue weighted by Gasteiger charge is 2.40. The number of sulfonamides is 1. The molecule has 13 heteroatoms. The maximum absolute atomic E-state index is 13.0. The number of carbonyl (C=O) groups excluding carboxylic acids is 1. The van der Waals surface area contributed by atoms with Crippen molar-refractivity contribution in [2.24, 2.45) is 0 Å². The van der Waals surface area contributed by atoms with Crippen LogP contribution < -0.4 is 0 Å². The molecule has 31 heavy (non-hydrogen) atoms. The van der Waals surface area contributed by atoms with E-state index in [4.69, 9.17) is 4.42 Å². The van der Waals surface area contributed by atoms with Crippen LogP contribution in [0, 0.1) is 6.92 Å². The molecule has 0 atom stereocenters. The fourth-order valence-corrected chi connectivity index (χ4v) is 4.63. The number of alkyl halides is 6. The molecule has 0 unspecified atom stereocenters. The van der Waals surface area contributed by atoms with Crippen molar-refractivity contribution in [3.63, 3.8) is 0 Å². The Bertz CT molecular complexity index is 1050. The lowest BCUT2D eigenvalue weighted by Crippen LogP contribution is -2.50. The summed E-state index contributed by atoms with van der Waals surface area (Å²) in [4.78, 5) is 12.7. The smallest absolute Gasteiger partial charge is 0.416 e. The molecule has 0 aliphatic carbocycles. The lowest BCUT2D eigenvalue weighted by Gasteiger charge is -2.34. The van der Waals surface area contributed by atoms with E-state index in [1.165, 1.54) is 17.2 Å². The summed E-state index contributed by atoms with van der Waals surface area (Å²) in [5.41, 5.74) is -3.15. The number of carbonyl (C=O) groups is 1. The Morgan fingerprint density at radius 1 is 0.935 bits per heavy atom. The summed E-state index contributed by atoms with van der Waals surface area (Å²) in [5, 5.41) is 0. The molecule has 1 saturated heterocycles. The van der Waals surface area contributed by atoms with Gasteiger partial charge in [-0.1, -0.05) is 0 Å². The topological polar surface area (TPSA) is 70.8 Å².